The Morgan fingerprint density at radius 2 is 1.95 bits per heavy atom. The molecule has 0 amide bonds. The minimum absolute atomic E-state index is 0.222. The van der Waals surface area contributed by atoms with Crippen LogP contribution in [0.2, 0.25) is 5.02 Å². The predicted molar refractivity (Wildman–Crippen MR) is 84.9 cm³/mol. The molecule has 0 aliphatic heterocycles. The van der Waals surface area contributed by atoms with Crippen molar-refractivity contribution in [2.24, 2.45) is 0 Å². The van der Waals surface area contributed by atoms with Crippen LogP contribution in [0.3, 0.4) is 0 Å². The maximum atomic E-state index is 10.3. The van der Waals surface area contributed by atoms with Gasteiger partial charge in [0, 0.05) is 22.5 Å². The number of aliphatic hydroxyl groups is 2. The van der Waals surface area contributed by atoms with E-state index in [4.69, 9.17) is 11.6 Å². The van der Waals surface area contributed by atoms with E-state index in [1.165, 1.54) is 11.5 Å². The van der Waals surface area contributed by atoms with E-state index < -0.39 is 12.1 Å². The number of nitrogens with one attached hydrogen (secondary N) is 1. The molecule has 0 saturated carbocycles. The molecule has 7 heteroatoms. The molecule has 1 aromatic heterocycles. The topological polar surface area (TPSA) is 78.3 Å². The van der Waals surface area contributed by atoms with Crippen LogP contribution in [0.1, 0.15) is 37.3 Å². The smallest absolute Gasteiger partial charge is 0.202 e. The van der Waals surface area contributed by atoms with Gasteiger partial charge in [-0.2, -0.15) is 4.37 Å². The van der Waals surface area contributed by atoms with Gasteiger partial charge in [0.15, 0.2) is 0 Å². The van der Waals surface area contributed by atoms with E-state index in [1.54, 1.807) is 24.3 Å². The summed E-state index contributed by atoms with van der Waals surface area (Å²) in [6, 6.07) is 6.32. The summed E-state index contributed by atoms with van der Waals surface area (Å²) in [6.45, 7) is 3.80. The van der Waals surface area contributed by atoms with Gasteiger partial charge < -0.3 is 15.5 Å². The number of aromatic nitrogens is 2. The minimum atomic E-state index is -0.862. The van der Waals surface area contributed by atoms with Gasteiger partial charge in [-0.3, -0.25) is 0 Å². The van der Waals surface area contributed by atoms with Crippen LogP contribution in [0, 0.1) is 0 Å². The first-order valence-corrected chi connectivity index (χ1v) is 7.81. The largest absolute Gasteiger partial charge is 0.394 e. The molecule has 1 aromatic carbocycles. The van der Waals surface area contributed by atoms with Crippen LogP contribution in [-0.2, 0) is 0 Å². The lowest BCUT2D eigenvalue weighted by molar-refractivity contribution is 0.118. The summed E-state index contributed by atoms with van der Waals surface area (Å²) in [7, 11) is 0. The third-order valence-corrected chi connectivity index (χ3v) is 3.97. The molecule has 0 aliphatic carbocycles. The van der Waals surface area contributed by atoms with E-state index in [2.05, 4.69) is 14.7 Å². The zero-order valence-electron chi connectivity index (χ0n) is 11.8. The molecule has 0 saturated heterocycles. The molecule has 0 aliphatic rings. The molecule has 3 N–H and O–H groups in total. The molecule has 1 heterocycles. The Hall–Kier alpha value is -1.21. The third kappa shape index (κ3) is 4.14. The first-order chi connectivity index (χ1) is 10.0. The van der Waals surface area contributed by atoms with Gasteiger partial charge in [-0.15, -0.1) is 0 Å². The van der Waals surface area contributed by atoms with E-state index in [1.807, 2.05) is 13.8 Å². The normalized spacial score (nSPS) is 14.2. The minimum Gasteiger partial charge on any atom is -0.394 e. The molecule has 2 aromatic rings. The maximum Gasteiger partial charge on any atom is 0.202 e. The predicted octanol–water partition coefficient (Wildman–Crippen LogP) is 2.82. The van der Waals surface area contributed by atoms with Gasteiger partial charge in [-0.05, 0) is 17.7 Å². The highest BCUT2D eigenvalue weighted by atomic mass is 35.5. The van der Waals surface area contributed by atoms with Crippen molar-refractivity contribution in [3.05, 3.63) is 40.7 Å². The number of hydrogen-bond donors (Lipinski definition) is 3. The van der Waals surface area contributed by atoms with E-state index in [-0.39, 0.29) is 12.5 Å². The summed E-state index contributed by atoms with van der Waals surface area (Å²) in [6.07, 6.45) is -0.862. The number of rotatable bonds is 6. The Balaban J connectivity index is 2.09. The van der Waals surface area contributed by atoms with Crippen LogP contribution in [0.5, 0.6) is 0 Å². The van der Waals surface area contributed by atoms with Crippen LogP contribution in [0.25, 0.3) is 0 Å². The van der Waals surface area contributed by atoms with Crippen molar-refractivity contribution in [3.8, 4) is 0 Å². The standard InChI is InChI=1S/C14H18ClN3O2S/c1-8(2)13-17-14(21-18-13)16-11(7-19)12(20)9-3-5-10(15)6-4-9/h3-6,8,11-12,19-20H,7H2,1-2H3,(H,16,17,18)/t11-,12+/m1/s1. The van der Waals surface area contributed by atoms with Crippen molar-refractivity contribution in [2.45, 2.75) is 31.9 Å². The molecule has 5 nitrogen and oxygen atoms in total. The number of benzene rings is 1. The zero-order chi connectivity index (χ0) is 15.4. The van der Waals surface area contributed by atoms with Crippen molar-refractivity contribution < 1.29 is 10.2 Å². The molecule has 21 heavy (non-hydrogen) atoms. The Bertz CT molecular complexity index is 574. The summed E-state index contributed by atoms with van der Waals surface area (Å²) in [5.41, 5.74) is 0.680. The van der Waals surface area contributed by atoms with Crippen LogP contribution >= 0.6 is 23.1 Å². The lowest BCUT2D eigenvalue weighted by Gasteiger charge is -2.22. The molecule has 0 bridgehead atoms. The molecule has 114 valence electrons. The SMILES string of the molecule is CC(C)c1nsc(N[C@H](CO)[C@@H](O)c2ccc(Cl)cc2)n1. The van der Waals surface area contributed by atoms with Gasteiger partial charge in [0.05, 0.1) is 12.6 Å². The molecular formula is C14H18ClN3O2S. The highest BCUT2D eigenvalue weighted by molar-refractivity contribution is 7.09. The van der Waals surface area contributed by atoms with E-state index in [0.717, 1.165) is 5.82 Å². The average Bonchev–Trinajstić information content (AvgIpc) is 2.93. The van der Waals surface area contributed by atoms with Crippen LogP contribution in [-0.4, -0.2) is 32.2 Å². The monoisotopic (exact) mass is 327 g/mol. The highest BCUT2D eigenvalue weighted by Gasteiger charge is 2.21. The fraction of sp³-hybridized carbons (Fsp3) is 0.429. The molecule has 2 rings (SSSR count). The highest BCUT2D eigenvalue weighted by Crippen LogP contribution is 2.24. The summed E-state index contributed by atoms with van der Waals surface area (Å²) in [4.78, 5) is 4.34. The average molecular weight is 328 g/mol. The van der Waals surface area contributed by atoms with Crippen LogP contribution < -0.4 is 5.32 Å². The summed E-state index contributed by atoms with van der Waals surface area (Å²) < 4.78 is 4.23. The number of halogens is 1. The quantitative estimate of drug-likeness (QED) is 0.760. The third-order valence-electron chi connectivity index (χ3n) is 3.06. The molecular weight excluding hydrogens is 310 g/mol. The number of nitrogens with zero attached hydrogens (tertiary/aromatic N) is 2. The lowest BCUT2D eigenvalue weighted by atomic mass is 10.0. The molecule has 2 atom stereocenters. The van der Waals surface area contributed by atoms with Crippen LogP contribution in [0.4, 0.5) is 5.13 Å². The van der Waals surface area contributed by atoms with Crippen molar-refractivity contribution in [3.63, 3.8) is 0 Å². The molecule has 0 radical (unpaired) electrons. The molecule has 0 spiro atoms. The number of aliphatic hydroxyl groups excluding tert-OH is 2. The van der Waals surface area contributed by atoms with Gasteiger partial charge in [0.1, 0.15) is 11.9 Å². The molecule has 0 unspecified atom stereocenters. The van der Waals surface area contributed by atoms with Crippen molar-refractivity contribution >= 4 is 28.3 Å². The van der Waals surface area contributed by atoms with Crippen LogP contribution in [0.15, 0.2) is 24.3 Å². The first kappa shape index (κ1) is 16.2. The summed E-state index contributed by atoms with van der Waals surface area (Å²) in [5, 5.41) is 24.1. The Labute approximate surface area is 132 Å². The van der Waals surface area contributed by atoms with Gasteiger partial charge in [0.25, 0.3) is 0 Å². The second-order valence-corrected chi connectivity index (χ2v) is 6.23. The Morgan fingerprint density at radius 3 is 2.48 bits per heavy atom. The van der Waals surface area contributed by atoms with Crippen molar-refractivity contribution in [1.29, 1.82) is 0 Å². The summed E-state index contributed by atoms with van der Waals surface area (Å²) in [5.74, 6) is 0.991. The fourth-order valence-corrected chi connectivity index (χ4v) is 2.70. The molecule has 0 fully saturated rings. The lowest BCUT2D eigenvalue weighted by Crippen LogP contribution is -2.31. The van der Waals surface area contributed by atoms with E-state index in [0.29, 0.717) is 15.7 Å². The number of hydrogen-bond acceptors (Lipinski definition) is 6. The van der Waals surface area contributed by atoms with Crippen molar-refractivity contribution in [2.75, 3.05) is 11.9 Å². The maximum absolute atomic E-state index is 10.3. The van der Waals surface area contributed by atoms with Crippen molar-refractivity contribution in [1.82, 2.24) is 9.36 Å². The zero-order valence-corrected chi connectivity index (χ0v) is 13.4. The van der Waals surface area contributed by atoms with Gasteiger partial charge in [-0.25, -0.2) is 4.98 Å². The van der Waals surface area contributed by atoms with Gasteiger partial charge >= 0.3 is 0 Å². The summed E-state index contributed by atoms with van der Waals surface area (Å²) >= 11 is 7.05. The Morgan fingerprint density at radius 1 is 1.29 bits per heavy atom. The Kier molecular flexibility index (Phi) is 5.52. The first-order valence-electron chi connectivity index (χ1n) is 6.65. The van der Waals surface area contributed by atoms with E-state index >= 15 is 0 Å². The fourth-order valence-electron chi connectivity index (χ4n) is 1.80. The second kappa shape index (κ2) is 7.17. The second-order valence-electron chi connectivity index (χ2n) is 5.04. The number of anilines is 1. The van der Waals surface area contributed by atoms with E-state index in [9.17, 15) is 10.2 Å². The van der Waals surface area contributed by atoms with Gasteiger partial charge in [-0.1, -0.05) is 37.6 Å². The van der Waals surface area contributed by atoms with Gasteiger partial charge in [0.2, 0.25) is 5.13 Å².